The minimum absolute atomic E-state index is 0.143. The fourth-order valence-corrected chi connectivity index (χ4v) is 7.10. The molecule has 2 bridgehead atoms. The molecule has 1 spiro atoms. The van der Waals surface area contributed by atoms with Crippen molar-refractivity contribution in [2.75, 3.05) is 7.11 Å². The first-order chi connectivity index (χ1) is 13.4. The average molecular weight is 412 g/mol. The van der Waals surface area contributed by atoms with Gasteiger partial charge in [0, 0.05) is 19.4 Å². The molecule has 9 nitrogen and oxygen atoms in total. The van der Waals surface area contributed by atoms with E-state index in [4.69, 9.17) is 18.9 Å². The Morgan fingerprint density at radius 3 is 2.41 bits per heavy atom. The van der Waals surface area contributed by atoms with E-state index >= 15 is 0 Å². The number of aliphatic hydroxyl groups excluding tert-OH is 1. The standard InChI is InChI=1S/C20H28O9/c1-7(21)8-6-19(29-15(8)22)13-14(28-13)20(25)10-9(17(2,3)24)11(27-16(10)23)12(26-5)18(19,20)4/h7-14,21,24-25H,6H2,1-5H3/t7-,8+,9+,10+,11+,12-,13-,14+,18+,19-,20+/m1/s1. The topological polar surface area (TPSA) is 135 Å². The molecular formula is C20H28O9. The Balaban J connectivity index is 1.71. The highest BCUT2D eigenvalue weighted by molar-refractivity contribution is 5.81. The predicted octanol–water partition coefficient (Wildman–Crippen LogP) is -0.855. The Kier molecular flexibility index (Phi) is 3.61. The molecule has 0 aromatic heterocycles. The minimum atomic E-state index is -1.76. The van der Waals surface area contributed by atoms with Crippen molar-refractivity contribution in [3.05, 3.63) is 0 Å². The number of epoxide rings is 1. The molecule has 2 saturated carbocycles. The van der Waals surface area contributed by atoms with Gasteiger partial charge >= 0.3 is 11.9 Å². The minimum Gasteiger partial charge on any atom is -0.459 e. The zero-order valence-electron chi connectivity index (χ0n) is 17.1. The number of aliphatic hydroxyl groups is 3. The number of ether oxygens (including phenoxy) is 4. The fourth-order valence-electron chi connectivity index (χ4n) is 7.10. The molecule has 29 heavy (non-hydrogen) atoms. The summed E-state index contributed by atoms with van der Waals surface area (Å²) in [5, 5.41) is 33.1. The van der Waals surface area contributed by atoms with Gasteiger partial charge in [-0.1, -0.05) is 6.92 Å². The summed E-state index contributed by atoms with van der Waals surface area (Å²) in [5.41, 5.74) is -5.59. The second-order valence-corrected chi connectivity index (χ2v) is 10.1. The second-order valence-electron chi connectivity index (χ2n) is 10.1. The molecule has 0 amide bonds. The summed E-state index contributed by atoms with van der Waals surface area (Å²) in [6.45, 7) is 6.42. The number of rotatable bonds is 3. The van der Waals surface area contributed by atoms with Crippen LogP contribution in [0.3, 0.4) is 0 Å². The molecule has 0 aromatic rings. The summed E-state index contributed by atoms with van der Waals surface area (Å²) >= 11 is 0. The van der Waals surface area contributed by atoms with Gasteiger partial charge in [-0.25, -0.2) is 0 Å². The third-order valence-corrected chi connectivity index (χ3v) is 8.42. The highest BCUT2D eigenvalue weighted by atomic mass is 16.7. The van der Waals surface area contributed by atoms with E-state index in [0.717, 1.165) is 0 Å². The van der Waals surface area contributed by atoms with Gasteiger partial charge in [-0.3, -0.25) is 9.59 Å². The van der Waals surface area contributed by atoms with Crippen molar-refractivity contribution >= 4 is 11.9 Å². The van der Waals surface area contributed by atoms with Crippen molar-refractivity contribution in [2.24, 2.45) is 23.2 Å². The zero-order chi connectivity index (χ0) is 21.3. The van der Waals surface area contributed by atoms with Crippen LogP contribution < -0.4 is 0 Å². The third kappa shape index (κ3) is 1.90. The summed E-state index contributed by atoms with van der Waals surface area (Å²) in [7, 11) is 1.45. The second kappa shape index (κ2) is 5.31. The van der Waals surface area contributed by atoms with Gasteiger partial charge in [0.2, 0.25) is 0 Å². The molecule has 3 N–H and O–H groups in total. The van der Waals surface area contributed by atoms with Crippen LogP contribution in [0.5, 0.6) is 0 Å². The zero-order valence-corrected chi connectivity index (χ0v) is 17.1. The van der Waals surface area contributed by atoms with E-state index in [2.05, 4.69) is 0 Å². The largest absolute Gasteiger partial charge is 0.459 e. The van der Waals surface area contributed by atoms with Crippen molar-refractivity contribution in [1.29, 1.82) is 0 Å². The lowest BCUT2D eigenvalue weighted by Crippen LogP contribution is -2.74. The molecule has 2 aliphatic carbocycles. The van der Waals surface area contributed by atoms with Crippen LogP contribution >= 0.6 is 0 Å². The number of hydrogen-bond acceptors (Lipinski definition) is 9. The van der Waals surface area contributed by atoms with Crippen LogP contribution in [-0.4, -0.2) is 81.7 Å². The molecular weight excluding hydrogens is 384 g/mol. The third-order valence-electron chi connectivity index (χ3n) is 8.42. The van der Waals surface area contributed by atoms with Crippen LogP contribution in [-0.2, 0) is 28.5 Å². The van der Waals surface area contributed by atoms with Gasteiger partial charge in [-0.05, 0) is 20.8 Å². The molecule has 9 heteroatoms. The van der Waals surface area contributed by atoms with Crippen LogP contribution in [0.15, 0.2) is 0 Å². The molecule has 5 rings (SSSR count). The quantitative estimate of drug-likeness (QED) is 0.400. The predicted molar refractivity (Wildman–Crippen MR) is 94.3 cm³/mol. The molecule has 11 atom stereocenters. The average Bonchev–Trinajstić information content (AvgIpc) is 3.20. The van der Waals surface area contributed by atoms with E-state index in [-0.39, 0.29) is 6.42 Å². The Hall–Kier alpha value is -1.26. The van der Waals surface area contributed by atoms with Gasteiger partial charge in [0.1, 0.15) is 30.0 Å². The van der Waals surface area contributed by atoms with Crippen molar-refractivity contribution in [2.45, 2.75) is 81.4 Å². The van der Waals surface area contributed by atoms with Crippen LogP contribution in [0, 0.1) is 23.2 Å². The first-order valence-corrected chi connectivity index (χ1v) is 10.1. The van der Waals surface area contributed by atoms with Crippen LogP contribution in [0.2, 0.25) is 0 Å². The smallest absolute Gasteiger partial charge is 0.312 e. The molecule has 162 valence electrons. The van der Waals surface area contributed by atoms with Crippen molar-refractivity contribution in [3.63, 3.8) is 0 Å². The molecule has 3 heterocycles. The van der Waals surface area contributed by atoms with Crippen molar-refractivity contribution in [1.82, 2.24) is 0 Å². The van der Waals surface area contributed by atoms with E-state index in [1.165, 1.54) is 14.0 Å². The molecule has 3 aliphatic heterocycles. The number of carbonyl (C=O) groups is 2. The summed E-state index contributed by atoms with van der Waals surface area (Å²) in [6, 6.07) is 0. The monoisotopic (exact) mass is 412 g/mol. The Labute approximate surface area is 168 Å². The Morgan fingerprint density at radius 2 is 1.90 bits per heavy atom. The molecule has 5 fully saturated rings. The maximum atomic E-state index is 12.9. The Bertz CT molecular complexity index is 789. The molecule has 0 aromatic carbocycles. The van der Waals surface area contributed by atoms with Crippen LogP contribution in [0.25, 0.3) is 0 Å². The number of carbonyl (C=O) groups excluding carboxylic acids is 2. The highest BCUT2D eigenvalue weighted by Crippen LogP contribution is 2.75. The molecule has 3 saturated heterocycles. The first-order valence-electron chi connectivity index (χ1n) is 10.1. The lowest BCUT2D eigenvalue weighted by atomic mass is 9.49. The SMILES string of the molecule is CO[C@@H]1[C@H]2OC(=O)[C@H]([C@@H]2C(C)(C)O)[C@]2(O)[C@H]3O[C@H]3[C@]3(C[C@@H]([C@@H](C)O)C(=O)O3)[C@]12C. The normalized spacial score (nSPS) is 56.1. The van der Waals surface area contributed by atoms with E-state index in [1.807, 2.05) is 0 Å². The van der Waals surface area contributed by atoms with E-state index in [0.29, 0.717) is 0 Å². The summed E-state index contributed by atoms with van der Waals surface area (Å²) in [4.78, 5) is 25.5. The van der Waals surface area contributed by atoms with Crippen LogP contribution in [0.4, 0.5) is 0 Å². The summed E-state index contributed by atoms with van der Waals surface area (Å²) < 4.78 is 23.1. The van der Waals surface area contributed by atoms with Crippen molar-refractivity contribution in [3.8, 4) is 0 Å². The molecule has 0 radical (unpaired) electrons. The number of esters is 2. The van der Waals surface area contributed by atoms with Gasteiger partial charge < -0.3 is 34.3 Å². The lowest BCUT2D eigenvalue weighted by Gasteiger charge is -2.59. The first kappa shape index (κ1) is 19.7. The van der Waals surface area contributed by atoms with Gasteiger partial charge in [-0.2, -0.15) is 0 Å². The number of methoxy groups -OCH3 is 1. The van der Waals surface area contributed by atoms with Gasteiger partial charge in [0.05, 0.1) is 29.0 Å². The lowest BCUT2D eigenvalue weighted by molar-refractivity contribution is -0.291. The van der Waals surface area contributed by atoms with Gasteiger partial charge in [0.25, 0.3) is 0 Å². The summed E-state index contributed by atoms with van der Waals surface area (Å²) in [5.74, 6) is -3.71. The number of hydrogen-bond donors (Lipinski definition) is 3. The van der Waals surface area contributed by atoms with E-state index in [9.17, 15) is 24.9 Å². The van der Waals surface area contributed by atoms with E-state index in [1.54, 1.807) is 20.8 Å². The van der Waals surface area contributed by atoms with Gasteiger partial charge in [-0.15, -0.1) is 0 Å². The maximum absolute atomic E-state index is 12.9. The Morgan fingerprint density at radius 1 is 1.24 bits per heavy atom. The summed E-state index contributed by atoms with van der Waals surface area (Å²) in [6.07, 6.45) is -3.82. The van der Waals surface area contributed by atoms with Crippen LogP contribution in [0.1, 0.15) is 34.1 Å². The molecule has 5 aliphatic rings. The fraction of sp³-hybridized carbons (Fsp3) is 0.900. The molecule has 0 unspecified atom stereocenters. The van der Waals surface area contributed by atoms with Crippen molar-refractivity contribution < 1.29 is 43.9 Å². The van der Waals surface area contributed by atoms with E-state index < -0.39 is 82.4 Å². The maximum Gasteiger partial charge on any atom is 0.312 e. The van der Waals surface area contributed by atoms with Gasteiger partial charge in [0.15, 0.2) is 5.60 Å². The highest BCUT2D eigenvalue weighted by Gasteiger charge is 2.93. The number of fused-ring (bicyclic) bond motifs is 8.